The number of nitrogens with zero attached hydrogens (tertiary/aromatic N) is 6. The first-order valence-corrected chi connectivity index (χ1v) is 8.04. The van der Waals surface area contributed by atoms with E-state index in [0.717, 1.165) is 26.9 Å². The van der Waals surface area contributed by atoms with Crippen molar-refractivity contribution in [2.45, 2.75) is 0 Å². The number of pyridine rings is 1. The number of fused-ring (bicyclic) bond motifs is 2. The van der Waals surface area contributed by atoms with Crippen LogP contribution in [0.15, 0.2) is 57.8 Å². The minimum Gasteiger partial charge on any atom is -0.256 e. The fourth-order valence-electron chi connectivity index (χ4n) is 2.61. The largest absolute Gasteiger partial charge is 0.256 e. The molecule has 0 spiro atoms. The summed E-state index contributed by atoms with van der Waals surface area (Å²) in [6.07, 6.45) is 1.78. The Morgan fingerprint density at radius 3 is 2.79 bits per heavy atom. The first kappa shape index (κ1) is 14.5. The lowest BCUT2D eigenvalue weighted by Crippen LogP contribution is -1.90. The van der Waals surface area contributed by atoms with Crippen molar-refractivity contribution in [2.24, 2.45) is 15.2 Å². The standard InChI is InChI=1S/C17H12N6S/c1-18-17-16(22-19-2)15-13(24-17)9-12(21-23-15)11-7-3-5-10-6-4-8-20-14(10)11/h3-9H,1H2,2H3/b22-19-. The molecule has 0 atom stereocenters. The lowest BCUT2D eigenvalue weighted by atomic mass is 10.1. The van der Waals surface area contributed by atoms with E-state index in [1.807, 2.05) is 36.4 Å². The van der Waals surface area contributed by atoms with Crippen LogP contribution in [-0.4, -0.2) is 28.9 Å². The molecule has 1 aromatic carbocycles. The van der Waals surface area contributed by atoms with Gasteiger partial charge in [0.15, 0.2) is 0 Å². The van der Waals surface area contributed by atoms with Gasteiger partial charge in [-0.05, 0) is 18.9 Å². The van der Waals surface area contributed by atoms with E-state index in [9.17, 15) is 0 Å². The number of para-hydroxylation sites is 1. The van der Waals surface area contributed by atoms with E-state index < -0.39 is 0 Å². The molecule has 4 rings (SSSR count). The van der Waals surface area contributed by atoms with E-state index in [1.54, 1.807) is 13.2 Å². The van der Waals surface area contributed by atoms with Gasteiger partial charge >= 0.3 is 0 Å². The molecule has 3 heterocycles. The summed E-state index contributed by atoms with van der Waals surface area (Å²) < 4.78 is 0.942. The second-order valence-corrected chi connectivity index (χ2v) is 6.07. The van der Waals surface area contributed by atoms with Crippen molar-refractivity contribution in [2.75, 3.05) is 7.05 Å². The monoisotopic (exact) mass is 332 g/mol. The van der Waals surface area contributed by atoms with Crippen molar-refractivity contribution < 1.29 is 0 Å². The van der Waals surface area contributed by atoms with Crippen molar-refractivity contribution in [1.29, 1.82) is 0 Å². The first-order valence-electron chi connectivity index (χ1n) is 7.22. The van der Waals surface area contributed by atoms with Crippen LogP contribution in [0.3, 0.4) is 0 Å². The summed E-state index contributed by atoms with van der Waals surface area (Å²) in [4.78, 5) is 8.49. The smallest absolute Gasteiger partial charge is 0.150 e. The van der Waals surface area contributed by atoms with Gasteiger partial charge in [0.05, 0.1) is 15.9 Å². The van der Waals surface area contributed by atoms with Crippen molar-refractivity contribution >= 4 is 49.9 Å². The van der Waals surface area contributed by atoms with Crippen LogP contribution >= 0.6 is 11.3 Å². The predicted molar refractivity (Wildman–Crippen MR) is 97.8 cm³/mol. The van der Waals surface area contributed by atoms with E-state index in [2.05, 4.69) is 37.1 Å². The van der Waals surface area contributed by atoms with Crippen molar-refractivity contribution in [1.82, 2.24) is 15.2 Å². The molecule has 0 aliphatic carbocycles. The second-order valence-electron chi connectivity index (χ2n) is 5.04. The highest BCUT2D eigenvalue weighted by Gasteiger charge is 2.15. The van der Waals surface area contributed by atoms with Gasteiger partial charge in [0.2, 0.25) is 0 Å². The number of aromatic nitrogens is 3. The predicted octanol–water partition coefficient (Wildman–Crippen LogP) is 4.95. The van der Waals surface area contributed by atoms with Crippen molar-refractivity contribution in [3.63, 3.8) is 0 Å². The summed E-state index contributed by atoms with van der Waals surface area (Å²) in [6.45, 7) is 3.59. The van der Waals surface area contributed by atoms with Crippen molar-refractivity contribution in [3.8, 4) is 11.3 Å². The third-order valence-electron chi connectivity index (χ3n) is 3.64. The van der Waals surface area contributed by atoms with Crippen LogP contribution in [0, 0.1) is 0 Å². The molecule has 0 saturated heterocycles. The summed E-state index contributed by atoms with van der Waals surface area (Å²) in [5.41, 5.74) is 3.92. The molecule has 0 aliphatic heterocycles. The van der Waals surface area contributed by atoms with Crippen LogP contribution in [0.4, 0.5) is 10.7 Å². The Kier molecular flexibility index (Phi) is 3.55. The van der Waals surface area contributed by atoms with Crippen LogP contribution in [0.25, 0.3) is 32.4 Å². The maximum Gasteiger partial charge on any atom is 0.150 e. The van der Waals surface area contributed by atoms with E-state index in [0.29, 0.717) is 16.2 Å². The zero-order chi connectivity index (χ0) is 16.5. The maximum atomic E-state index is 4.48. The minimum atomic E-state index is 0.614. The van der Waals surface area contributed by atoms with Gasteiger partial charge in [-0.2, -0.15) is 10.2 Å². The number of thiophene rings is 1. The fraction of sp³-hybridized carbons (Fsp3) is 0.0588. The van der Waals surface area contributed by atoms with Gasteiger partial charge in [-0.3, -0.25) is 9.98 Å². The summed E-state index contributed by atoms with van der Waals surface area (Å²) in [7, 11) is 1.61. The van der Waals surface area contributed by atoms with Gasteiger partial charge < -0.3 is 0 Å². The fourth-order valence-corrected chi connectivity index (χ4v) is 3.52. The van der Waals surface area contributed by atoms with Crippen LogP contribution in [0.5, 0.6) is 0 Å². The molecule has 24 heavy (non-hydrogen) atoms. The molecule has 0 unspecified atom stereocenters. The summed E-state index contributed by atoms with van der Waals surface area (Å²) in [6, 6.07) is 12.0. The second kappa shape index (κ2) is 5.86. The highest BCUT2D eigenvalue weighted by Crippen LogP contribution is 2.43. The third-order valence-corrected chi connectivity index (χ3v) is 4.69. The molecule has 0 amide bonds. The molecular weight excluding hydrogens is 320 g/mol. The van der Waals surface area contributed by atoms with Gasteiger partial charge in [-0.1, -0.05) is 24.3 Å². The molecule has 7 heteroatoms. The SMILES string of the molecule is C=Nc1sc2cc(-c3cccc4cccnc34)nnc2c1/N=N\C. The summed E-state index contributed by atoms with van der Waals surface area (Å²) in [5.74, 6) is 0. The maximum absolute atomic E-state index is 4.48. The molecule has 0 radical (unpaired) electrons. The Labute approximate surface area is 141 Å². The Morgan fingerprint density at radius 1 is 1.08 bits per heavy atom. The number of rotatable bonds is 3. The number of hydrogen-bond donors (Lipinski definition) is 0. The minimum absolute atomic E-state index is 0.614. The van der Waals surface area contributed by atoms with Gasteiger partial charge in [-0.15, -0.1) is 21.5 Å². The van der Waals surface area contributed by atoms with E-state index >= 15 is 0 Å². The molecule has 0 bridgehead atoms. The number of aliphatic imine (C=N–C) groups is 1. The third kappa shape index (κ3) is 2.26. The lowest BCUT2D eigenvalue weighted by Gasteiger charge is -2.04. The Balaban J connectivity index is 1.96. The van der Waals surface area contributed by atoms with Gasteiger partial charge in [0, 0.05) is 24.2 Å². The molecule has 3 aromatic heterocycles. The molecule has 0 fully saturated rings. The topological polar surface area (TPSA) is 75.8 Å². The van der Waals surface area contributed by atoms with Gasteiger partial charge in [-0.25, -0.2) is 0 Å². The first-order chi connectivity index (χ1) is 11.8. The van der Waals surface area contributed by atoms with E-state index in [1.165, 1.54) is 11.3 Å². The Morgan fingerprint density at radius 2 is 1.96 bits per heavy atom. The van der Waals surface area contributed by atoms with Gasteiger partial charge in [0.25, 0.3) is 0 Å². The quantitative estimate of drug-likeness (QED) is 0.393. The average molecular weight is 332 g/mol. The normalized spacial score (nSPS) is 11.5. The molecule has 6 nitrogen and oxygen atoms in total. The molecule has 0 aliphatic rings. The summed E-state index contributed by atoms with van der Waals surface area (Å²) >= 11 is 1.47. The molecule has 0 saturated carbocycles. The summed E-state index contributed by atoms with van der Waals surface area (Å²) in [5, 5.41) is 18.4. The van der Waals surface area contributed by atoms with Gasteiger partial charge in [0.1, 0.15) is 16.2 Å². The Hall–Kier alpha value is -3.06. The highest BCUT2D eigenvalue weighted by atomic mass is 32.1. The highest BCUT2D eigenvalue weighted by molar-refractivity contribution is 7.23. The van der Waals surface area contributed by atoms with Crippen LogP contribution in [0.1, 0.15) is 0 Å². The lowest BCUT2D eigenvalue weighted by molar-refractivity contribution is 1.08. The Bertz CT molecular complexity index is 1090. The number of hydrogen-bond acceptors (Lipinski definition) is 7. The van der Waals surface area contributed by atoms with Crippen molar-refractivity contribution in [3.05, 3.63) is 42.6 Å². The average Bonchev–Trinajstić information content (AvgIpc) is 2.98. The zero-order valence-corrected chi connectivity index (χ0v) is 13.7. The van der Waals surface area contributed by atoms with Crippen LogP contribution < -0.4 is 0 Å². The number of benzene rings is 1. The van der Waals surface area contributed by atoms with E-state index in [-0.39, 0.29) is 0 Å². The molecule has 116 valence electrons. The number of azo groups is 1. The molecule has 4 aromatic rings. The van der Waals surface area contributed by atoms with E-state index in [4.69, 9.17) is 0 Å². The zero-order valence-electron chi connectivity index (χ0n) is 12.8. The molecule has 0 N–H and O–H groups in total. The van der Waals surface area contributed by atoms with Crippen LogP contribution in [-0.2, 0) is 0 Å². The molecular formula is C17H12N6S. The van der Waals surface area contributed by atoms with Crippen LogP contribution in [0.2, 0.25) is 0 Å².